The van der Waals surface area contributed by atoms with Crippen molar-refractivity contribution in [2.75, 3.05) is 20.1 Å². The van der Waals surface area contributed by atoms with Crippen molar-refractivity contribution < 1.29 is 4.74 Å². The highest BCUT2D eigenvalue weighted by Gasteiger charge is 2.18. The lowest BCUT2D eigenvalue weighted by molar-refractivity contribution is 0.114. The molecule has 3 aromatic heterocycles. The first-order chi connectivity index (χ1) is 15.5. The minimum absolute atomic E-state index is 0.127. The molecule has 1 fully saturated rings. The summed E-state index contributed by atoms with van der Waals surface area (Å²) in [5, 5.41) is 1.58. The van der Waals surface area contributed by atoms with Gasteiger partial charge in [-0.1, -0.05) is 11.6 Å². The van der Waals surface area contributed by atoms with Crippen LogP contribution in [0.2, 0.25) is 5.02 Å². The summed E-state index contributed by atoms with van der Waals surface area (Å²) in [6.45, 7) is 2.09. The Labute approximate surface area is 193 Å². The summed E-state index contributed by atoms with van der Waals surface area (Å²) in [5.74, 6) is 0.781. The van der Waals surface area contributed by atoms with E-state index in [2.05, 4.69) is 26.9 Å². The second-order valence-electron chi connectivity index (χ2n) is 8.02. The molecule has 0 saturated carbocycles. The van der Waals surface area contributed by atoms with E-state index in [1.54, 1.807) is 6.20 Å². The largest absolute Gasteiger partial charge is 0.490 e. The Bertz CT molecular complexity index is 1430. The number of benzene rings is 1. The Morgan fingerprint density at radius 1 is 1.22 bits per heavy atom. The van der Waals surface area contributed by atoms with Gasteiger partial charge in [-0.15, -0.1) is 11.3 Å². The molecule has 5 rings (SSSR count). The van der Waals surface area contributed by atoms with E-state index in [0.717, 1.165) is 58.5 Å². The average molecular weight is 467 g/mol. The van der Waals surface area contributed by atoms with E-state index in [0.29, 0.717) is 9.55 Å². The Kier molecular flexibility index (Phi) is 5.87. The SMILES string of the molecule is CN1CCC(Oc2ccc(C=c3[nH]c(=O)c(=Cc4c[nH]c5ncccc45)s3)c(Cl)c2)CC1. The van der Waals surface area contributed by atoms with Crippen LogP contribution in [0, 0.1) is 0 Å². The number of hydrogen-bond donors (Lipinski definition) is 2. The van der Waals surface area contributed by atoms with E-state index in [1.165, 1.54) is 11.3 Å². The maximum absolute atomic E-state index is 12.5. The van der Waals surface area contributed by atoms with Crippen LogP contribution >= 0.6 is 22.9 Å². The fourth-order valence-electron chi connectivity index (χ4n) is 3.90. The highest BCUT2D eigenvalue weighted by Crippen LogP contribution is 2.25. The molecule has 0 amide bonds. The molecule has 1 aliphatic rings. The van der Waals surface area contributed by atoms with Crippen molar-refractivity contribution in [1.29, 1.82) is 0 Å². The quantitative estimate of drug-likeness (QED) is 0.484. The van der Waals surface area contributed by atoms with Crippen LogP contribution in [-0.4, -0.2) is 46.1 Å². The predicted molar refractivity (Wildman–Crippen MR) is 130 cm³/mol. The Hall–Kier alpha value is -2.87. The summed E-state index contributed by atoms with van der Waals surface area (Å²) in [6, 6.07) is 9.58. The highest BCUT2D eigenvalue weighted by molar-refractivity contribution is 7.07. The number of H-pyrrole nitrogens is 2. The van der Waals surface area contributed by atoms with Gasteiger partial charge in [0.2, 0.25) is 0 Å². The molecule has 0 spiro atoms. The third-order valence-electron chi connectivity index (χ3n) is 5.68. The number of likely N-dealkylation sites (tertiary alicyclic amines) is 1. The van der Waals surface area contributed by atoms with Gasteiger partial charge in [-0.25, -0.2) is 4.98 Å². The van der Waals surface area contributed by atoms with Crippen LogP contribution in [0.3, 0.4) is 0 Å². The Morgan fingerprint density at radius 2 is 2.06 bits per heavy atom. The van der Waals surface area contributed by atoms with E-state index in [1.807, 2.05) is 48.7 Å². The van der Waals surface area contributed by atoms with Gasteiger partial charge in [0, 0.05) is 36.4 Å². The minimum atomic E-state index is -0.127. The van der Waals surface area contributed by atoms with Gasteiger partial charge in [-0.2, -0.15) is 0 Å². The van der Waals surface area contributed by atoms with Crippen LogP contribution in [0.4, 0.5) is 0 Å². The standard InChI is InChI=1S/C24H23ClN4O2S/c1-29-9-6-17(7-10-29)31-18-5-4-15(20(25)13-18)12-22-28-24(30)21(32-22)11-16-14-27-23-19(16)3-2-8-26-23/h2-5,8,11-14,17H,6-7,9-10H2,1H3,(H,26,27)(H,28,30). The van der Waals surface area contributed by atoms with Crippen molar-refractivity contribution in [2.24, 2.45) is 0 Å². The second kappa shape index (κ2) is 8.94. The number of aromatic amines is 2. The van der Waals surface area contributed by atoms with Crippen LogP contribution in [0.15, 0.2) is 47.5 Å². The first-order valence-corrected chi connectivity index (χ1v) is 11.7. The number of rotatable bonds is 4. The Balaban J connectivity index is 1.40. The number of aromatic nitrogens is 3. The molecule has 2 N–H and O–H groups in total. The maximum Gasteiger partial charge on any atom is 0.266 e. The number of hydrogen-bond acceptors (Lipinski definition) is 5. The van der Waals surface area contributed by atoms with E-state index >= 15 is 0 Å². The molecule has 0 unspecified atom stereocenters. The lowest BCUT2D eigenvalue weighted by Crippen LogP contribution is -2.35. The molecule has 0 bridgehead atoms. The number of nitrogens with zero attached hydrogens (tertiary/aromatic N) is 2. The highest BCUT2D eigenvalue weighted by atomic mass is 35.5. The van der Waals surface area contributed by atoms with E-state index in [-0.39, 0.29) is 11.7 Å². The third kappa shape index (κ3) is 4.50. The molecule has 32 heavy (non-hydrogen) atoms. The van der Waals surface area contributed by atoms with Crippen molar-refractivity contribution in [3.8, 4) is 5.75 Å². The monoisotopic (exact) mass is 466 g/mol. The van der Waals surface area contributed by atoms with Crippen LogP contribution in [0.5, 0.6) is 5.75 Å². The summed E-state index contributed by atoms with van der Waals surface area (Å²) in [7, 11) is 2.13. The fraction of sp³-hybridized carbons (Fsp3) is 0.250. The zero-order chi connectivity index (χ0) is 22.1. The number of pyridine rings is 1. The molecule has 164 valence electrons. The molecule has 0 aliphatic carbocycles. The van der Waals surface area contributed by atoms with Gasteiger partial charge in [0.1, 0.15) is 17.5 Å². The Morgan fingerprint density at radius 3 is 2.88 bits per heavy atom. The maximum atomic E-state index is 12.5. The average Bonchev–Trinajstić information content (AvgIpc) is 3.35. The van der Waals surface area contributed by atoms with Crippen molar-refractivity contribution in [3.05, 3.63) is 78.4 Å². The zero-order valence-corrected chi connectivity index (χ0v) is 19.2. The molecule has 1 saturated heterocycles. The summed E-state index contributed by atoms with van der Waals surface area (Å²) in [6.07, 6.45) is 9.63. The fourth-order valence-corrected chi connectivity index (χ4v) is 5.02. The number of ether oxygens (including phenoxy) is 1. The summed E-state index contributed by atoms with van der Waals surface area (Å²) in [4.78, 5) is 25.2. The smallest absolute Gasteiger partial charge is 0.266 e. The molecule has 0 radical (unpaired) electrons. The van der Waals surface area contributed by atoms with Gasteiger partial charge >= 0.3 is 0 Å². The molecule has 8 heteroatoms. The van der Waals surface area contributed by atoms with Crippen molar-refractivity contribution in [3.63, 3.8) is 0 Å². The van der Waals surface area contributed by atoms with Crippen LogP contribution in [0.25, 0.3) is 23.2 Å². The van der Waals surface area contributed by atoms with Gasteiger partial charge in [0.05, 0.1) is 14.2 Å². The van der Waals surface area contributed by atoms with Gasteiger partial charge in [-0.3, -0.25) is 4.79 Å². The molecular formula is C24H23ClN4O2S. The normalized spacial score (nSPS) is 16.8. The van der Waals surface area contributed by atoms with E-state index < -0.39 is 0 Å². The molecule has 4 aromatic rings. The molecule has 1 aromatic carbocycles. The van der Waals surface area contributed by atoms with Crippen LogP contribution in [-0.2, 0) is 0 Å². The van der Waals surface area contributed by atoms with Gasteiger partial charge < -0.3 is 19.6 Å². The summed E-state index contributed by atoms with van der Waals surface area (Å²) < 4.78 is 7.48. The number of fused-ring (bicyclic) bond motifs is 1. The lowest BCUT2D eigenvalue weighted by atomic mass is 10.1. The molecule has 1 aliphatic heterocycles. The van der Waals surface area contributed by atoms with Crippen molar-refractivity contribution in [1.82, 2.24) is 19.9 Å². The van der Waals surface area contributed by atoms with Gasteiger partial charge in [-0.05, 0) is 67.9 Å². The number of piperidine rings is 1. The second-order valence-corrected chi connectivity index (χ2v) is 9.51. The molecule has 0 atom stereocenters. The topological polar surface area (TPSA) is 74.0 Å². The van der Waals surface area contributed by atoms with Crippen molar-refractivity contribution >= 4 is 46.1 Å². The van der Waals surface area contributed by atoms with Gasteiger partial charge in [0.15, 0.2) is 0 Å². The van der Waals surface area contributed by atoms with Crippen LogP contribution in [0.1, 0.15) is 24.0 Å². The van der Waals surface area contributed by atoms with Crippen molar-refractivity contribution in [2.45, 2.75) is 18.9 Å². The molecule has 4 heterocycles. The predicted octanol–water partition coefficient (Wildman–Crippen LogP) is 3.10. The minimum Gasteiger partial charge on any atom is -0.490 e. The first kappa shape index (κ1) is 21.0. The van der Waals surface area contributed by atoms with Gasteiger partial charge in [0.25, 0.3) is 5.56 Å². The summed E-state index contributed by atoms with van der Waals surface area (Å²) >= 11 is 7.92. The third-order valence-corrected chi connectivity index (χ3v) is 6.97. The van der Waals surface area contributed by atoms with E-state index in [4.69, 9.17) is 16.3 Å². The zero-order valence-electron chi connectivity index (χ0n) is 17.6. The number of thiazole rings is 1. The number of nitrogens with one attached hydrogen (secondary N) is 2. The van der Waals surface area contributed by atoms with E-state index in [9.17, 15) is 4.79 Å². The first-order valence-electron chi connectivity index (χ1n) is 10.5. The lowest BCUT2D eigenvalue weighted by Gasteiger charge is -2.29. The number of halogens is 1. The molecule has 6 nitrogen and oxygen atoms in total. The summed E-state index contributed by atoms with van der Waals surface area (Å²) in [5.41, 5.74) is 2.44. The van der Waals surface area contributed by atoms with Crippen LogP contribution < -0.4 is 19.5 Å². The molecular weight excluding hydrogens is 444 g/mol.